The van der Waals surface area contributed by atoms with E-state index in [1.807, 2.05) is 22.6 Å². The van der Waals surface area contributed by atoms with Crippen molar-refractivity contribution in [2.45, 2.75) is 0 Å². The van der Waals surface area contributed by atoms with Crippen LogP contribution in [0.1, 0.15) is 5.76 Å². The third kappa shape index (κ3) is 1.72. The summed E-state index contributed by atoms with van der Waals surface area (Å²) in [7, 11) is 0. The number of furan rings is 1. The van der Waals surface area contributed by atoms with Crippen LogP contribution in [-0.4, -0.2) is 11.4 Å². The Bertz CT molecular complexity index is 239. The average Bonchev–Trinajstić information content (AvgIpc) is 2.14. The van der Waals surface area contributed by atoms with Gasteiger partial charge in [-0.1, -0.05) is 5.16 Å². The molecule has 1 aromatic rings. The van der Waals surface area contributed by atoms with E-state index in [4.69, 9.17) is 9.62 Å². The zero-order chi connectivity index (χ0) is 7.56. The van der Waals surface area contributed by atoms with Crippen molar-refractivity contribution in [1.82, 2.24) is 0 Å². The van der Waals surface area contributed by atoms with Gasteiger partial charge < -0.3 is 9.62 Å². The summed E-state index contributed by atoms with van der Waals surface area (Å²) >= 11 is 5.27. The van der Waals surface area contributed by atoms with Gasteiger partial charge in [0.15, 0.2) is 9.53 Å². The van der Waals surface area contributed by atoms with Gasteiger partial charge in [-0.2, -0.15) is 0 Å². The van der Waals surface area contributed by atoms with E-state index in [0.29, 0.717) is 5.76 Å². The van der Waals surface area contributed by atoms with Gasteiger partial charge in [0.25, 0.3) is 0 Å². The summed E-state index contributed by atoms with van der Waals surface area (Å²) in [4.78, 5) is 0. The molecule has 10 heavy (non-hydrogen) atoms. The molecule has 0 unspecified atom stereocenters. The van der Waals surface area contributed by atoms with Crippen LogP contribution >= 0.6 is 38.5 Å². The number of oxime groups is 1. The van der Waals surface area contributed by atoms with E-state index in [9.17, 15) is 0 Å². The Kier molecular flexibility index (Phi) is 2.72. The summed E-state index contributed by atoms with van der Waals surface area (Å²) in [6.07, 6.45) is 1.23. The van der Waals surface area contributed by atoms with Crippen LogP contribution in [0.3, 0.4) is 0 Å². The second kappa shape index (κ2) is 3.38. The molecule has 1 aromatic heterocycles. The summed E-state index contributed by atoms with van der Waals surface area (Å²) in [6, 6.07) is 1.72. The first-order chi connectivity index (χ1) is 4.74. The lowest BCUT2D eigenvalue weighted by atomic mass is 10.5. The molecule has 0 aromatic carbocycles. The van der Waals surface area contributed by atoms with Crippen molar-refractivity contribution in [1.29, 1.82) is 0 Å². The quantitative estimate of drug-likeness (QED) is 0.374. The molecule has 0 amide bonds. The van der Waals surface area contributed by atoms with Crippen molar-refractivity contribution in [3.63, 3.8) is 0 Å². The molecule has 0 spiro atoms. The highest BCUT2D eigenvalue weighted by atomic mass is 127. The van der Waals surface area contributed by atoms with E-state index in [1.165, 1.54) is 6.21 Å². The monoisotopic (exact) mass is 315 g/mol. The lowest BCUT2D eigenvalue weighted by molar-refractivity contribution is 0.320. The highest BCUT2D eigenvalue weighted by Crippen LogP contribution is 2.21. The van der Waals surface area contributed by atoms with Crippen LogP contribution in [0.5, 0.6) is 0 Å². The molecular weight excluding hydrogens is 313 g/mol. The van der Waals surface area contributed by atoms with E-state index in [-0.39, 0.29) is 0 Å². The van der Waals surface area contributed by atoms with Gasteiger partial charge in [-0.05, 0) is 15.9 Å². The molecule has 54 valence electrons. The molecule has 0 saturated heterocycles. The first-order valence-corrected chi connectivity index (χ1v) is 4.23. The van der Waals surface area contributed by atoms with Crippen molar-refractivity contribution < 1.29 is 9.62 Å². The molecule has 0 bridgehead atoms. The van der Waals surface area contributed by atoms with Crippen LogP contribution in [0.15, 0.2) is 20.1 Å². The maximum Gasteiger partial charge on any atom is 0.178 e. The fourth-order valence-corrected chi connectivity index (χ4v) is 1.20. The Labute approximate surface area is 79.4 Å². The first kappa shape index (κ1) is 8.06. The predicted octanol–water partition coefficient (Wildman–Crippen LogP) is 2.45. The van der Waals surface area contributed by atoms with Crippen molar-refractivity contribution in [3.8, 4) is 0 Å². The minimum Gasteiger partial charge on any atom is -0.448 e. The normalized spacial score (nSPS) is 11.0. The summed E-state index contributed by atoms with van der Waals surface area (Å²) in [6.45, 7) is 0. The molecule has 0 saturated carbocycles. The zero-order valence-electron chi connectivity index (χ0n) is 4.71. The maximum atomic E-state index is 8.11. The Morgan fingerprint density at radius 1 is 1.80 bits per heavy atom. The van der Waals surface area contributed by atoms with Crippen molar-refractivity contribution in [3.05, 3.63) is 20.1 Å². The number of nitrogens with zero attached hydrogens (tertiary/aromatic N) is 1. The van der Waals surface area contributed by atoms with Crippen LogP contribution < -0.4 is 0 Å². The number of halogens is 2. The van der Waals surface area contributed by atoms with Gasteiger partial charge in [0, 0.05) is 28.7 Å². The van der Waals surface area contributed by atoms with Crippen LogP contribution in [0.25, 0.3) is 0 Å². The zero-order valence-corrected chi connectivity index (χ0v) is 8.46. The predicted molar refractivity (Wildman–Crippen MR) is 48.5 cm³/mol. The Balaban J connectivity index is 2.98. The molecule has 1 N–H and O–H groups in total. The van der Waals surface area contributed by atoms with Crippen LogP contribution in [0.4, 0.5) is 0 Å². The second-order valence-corrected chi connectivity index (χ2v) is 3.35. The SMILES string of the molecule is ON=Cc1cc(Br)c(I)o1. The molecule has 1 heterocycles. The van der Waals surface area contributed by atoms with Crippen molar-refractivity contribution in [2.75, 3.05) is 0 Å². The van der Waals surface area contributed by atoms with Gasteiger partial charge in [0.2, 0.25) is 0 Å². The molecule has 5 heteroatoms. The van der Waals surface area contributed by atoms with Gasteiger partial charge in [-0.15, -0.1) is 0 Å². The van der Waals surface area contributed by atoms with E-state index in [2.05, 4.69) is 21.1 Å². The van der Waals surface area contributed by atoms with Gasteiger partial charge >= 0.3 is 0 Å². The molecule has 0 aliphatic rings. The number of rotatable bonds is 1. The van der Waals surface area contributed by atoms with Crippen molar-refractivity contribution in [2.24, 2.45) is 5.16 Å². The second-order valence-electron chi connectivity index (χ2n) is 1.51. The van der Waals surface area contributed by atoms with E-state index < -0.39 is 0 Å². The van der Waals surface area contributed by atoms with Crippen LogP contribution in [-0.2, 0) is 0 Å². The minimum absolute atomic E-state index is 0.527. The highest BCUT2D eigenvalue weighted by Gasteiger charge is 2.02. The molecule has 0 fully saturated rings. The summed E-state index contributed by atoms with van der Waals surface area (Å²) in [5, 5.41) is 10.9. The minimum atomic E-state index is 0.527. The Hall–Kier alpha value is -0.0400. The maximum absolute atomic E-state index is 8.11. The molecule has 3 nitrogen and oxygen atoms in total. The lowest BCUT2D eigenvalue weighted by Crippen LogP contribution is -1.71. The van der Waals surface area contributed by atoms with E-state index in [0.717, 1.165) is 8.24 Å². The highest BCUT2D eigenvalue weighted by molar-refractivity contribution is 14.1. The van der Waals surface area contributed by atoms with Crippen LogP contribution in [0, 0.1) is 3.77 Å². The largest absolute Gasteiger partial charge is 0.448 e. The van der Waals surface area contributed by atoms with Crippen LogP contribution in [0.2, 0.25) is 0 Å². The average molecular weight is 316 g/mol. The summed E-state index contributed by atoms with van der Waals surface area (Å²) in [5.74, 6) is 0.527. The summed E-state index contributed by atoms with van der Waals surface area (Å²) < 4.78 is 6.69. The lowest BCUT2D eigenvalue weighted by Gasteiger charge is -1.78. The van der Waals surface area contributed by atoms with Crippen molar-refractivity contribution >= 4 is 44.7 Å². The third-order valence-electron chi connectivity index (χ3n) is 0.849. The number of hydrogen-bond acceptors (Lipinski definition) is 3. The number of hydrogen-bond donors (Lipinski definition) is 1. The molecule has 0 aliphatic carbocycles. The molecule has 0 aliphatic heterocycles. The van der Waals surface area contributed by atoms with Gasteiger partial charge in [-0.25, -0.2) is 0 Å². The Morgan fingerprint density at radius 2 is 2.50 bits per heavy atom. The Morgan fingerprint density at radius 3 is 2.90 bits per heavy atom. The molecular formula is C5H3BrINO2. The van der Waals surface area contributed by atoms with E-state index in [1.54, 1.807) is 6.07 Å². The third-order valence-corrected chi connectivity index (χ3v) is 2.98. The molecule has 0 atom stereocenters. The smallest absolute Gasteiger partial charge is 0.178 e. The topological polar surface area (TPSA) is 45.7 Å². The fraction of sp³-hybridized carbons (Fsp3) is 0. The fourth-order valence-electron chi connectivity index (χ4n) is 0.484. The van der Waals surface area contributed by atoms with Gasteiger partial charge in [-0.3, -0.25) is 0 Å². The van der Waals surface area contributed by atoms with E-state index >= 15 is 0 Å². The van der Waals surface area contributed by atoms with Gasteiger partial charge in [0.1, 0.15) is 6.21 Å². The summed E-state index contributed by atoms with van der Waals surface area (Å²) in [5.41, 5.74) is 0. The molecule has 0 radical (unpaired) electrons. The molecule has 1 rings (SSSR count). The first-order valence-electron chi connectivity index (χ1n) is 2.36. The standard InChI is InChI=1S/C5H3BrINO2/c6-4-1-3(2-8-9)10-5(4)7/h1-2,9H. The van der Waals surface area contributed by atoms with Gasteiger partial charge in [0.05, 0.1) is 4.47 Å².